The van der Waals surface area contributed by atoms with E-state index in [0.29, 0.717) is 24.3 Å². The summed E-state index contributed by atoms with van der Waals surface area (Å²) in [5.41, 5.74) is -0.190. The minimum atomic E-state index is -0.878. The number of hydrogen-bond donors (Lipinski definition) is 2. The SMILES string of the molecule is Cn1ncc2c(NC3(C(=O)O)CCC3)ncnc21. The maximum atomic E-state index is 11.3. The minimum absolute atomic E-state index is 0.537. The van der Waals surface area contributed by atoms with Crippen LogP contribution in [0, 0.1) is 0 Å². The quantitative estimate of drug-likeness (QED) is 0.832. The van der Waals surface area contributed by atoms with E-state index in [-0.39, 0.29) is 0 Å². The highest BCUT2D eigenvalue weighted by Crippen LogP contribution is 2.36. The number of hydrogen-bond acceptors (Lipinski definition) is 5. The van der Waals surface area contributed by atoms with Crippen LogP contribution in [0.15, 0.2) is 12.5 Å². The average molecular weight is 247 g/mol. The van der Waals surface area contributed by atoms with Crippen molar-refractivity contribution in [2.45, 2.75) is 24.8 Å². The monoisotopic (exact) mass is 247 g/mol. The molecule has 1 aliphatic carbocycles. The Balaban J connectivity index is 2.02. The van der Waals surface area contributed by atoms with E-state index in [1.807, 2.05) is 0 Å². The molecule has 2 N–H and O–H groups in total. The van der Waals surface area contributed by atoms with Crippen LogP contribution in [0.4, 0.5) is 5.82 Å². The number of aryl methyl sites for hydroxylation is 1. The maximum absolute atomic E-state index is 11.3. The summed E-state index contributed by atoms with van der Waals surface area (Å²) >= 11 is 0. The molecular weight excluding hydrogens is 234 g/mol. The lowest BCUT2D eigenvalue weighted by Crippen LogP contribution is -2.52. The second-order valence-electron chi connectivity index (χ2n) is 4.59. The topological polar surface area (TPSA) is 92.9 Å². The number of rotatable bonds is 3. The van der Waals surface area contributed by atoms with Gasteiger partial charge in [0.05, 0.1) is 11.6 Å². The Morgan fingerprint density at radius 3 is 2.89 bits per heavy atom. The molecule has 0 amide bonds. The third-order valence-electron chi connectivity index (χ3n) is 3.50. The van der Waals surface area contributed by atoms with E-state index < -0.39 is 11.5 Å². The summed E-state index contributed by atoms with van der Waals surface area (Å²) < 4.78 is 1.64. The fraction of sp³-hybridized carbons (Fsp3) is 0.455. The summed E-state index contributed by atoms with van der Waals surface area (Å²) in [5.74, 6) is -0.292. The molecule has 0 aromatic carbocycles. The Hall–Kier alpha value is -2.18. The lowest BCUT2D eigenvalue weighted by atomic mass is 9.77. The first-order valence-corrected chi connectivity index (χ1v) is 5.77. The normalized spacial score (nSPS) is 17.4. The predicted octanol–water partition coefficient (Wildman–Crippen LogP) is 0.782. The van der Waals surface area contributed by atoms with Crippen LogP contribution in [0.3, 0.4) is 0 Å². The van der Waals surface area contributed by atoms with Crippen LogP contribution in [-0.2, 0) is 11.8 Å². The zero-order valence-corrected chi connectivity index (χ0v) is 9.92. The van der Waals surface area contributed by atoms with Gasteiger partial charge in [0.25, 0.3) is 0 Å². The largest absolute Gasteiger partial charge is 0.480 e. The summed E-state index contributed by atoms with van der Waals surface area (Å²) in [6.45, 7) is 0. The Morgan fingerprint density at radius 2 is 2.28 bits per heavy atom. The molecule has 0 bridgehead atoms. The van der Waals surface area contributed by atoms with E-state index in [9.17, 15) is 9.90 Å². The van der Waals surface area contributed by atoms with E-state index >= 15 is 0 Å². The molecule has 1 aliphatic rings. The van der Waals surface area contributed by atoms with E-state index in [4.69, 9.17) is 0 Å². The van der Waals surface area contributed by atoms with Crippen molar-refractivity contribution in [2.75, 3.05) is 5.32 Å². The lowest BCUT2D eigenvalue weighted by molar-refractivity contribution is -0.145. The molecular formula is C11H13N5O2. The van der Waals surface area contributed by atoms with E-state index in [0.717, 1.165) is 11.8 Å². The van der Waals surface area contributed by atoms with Crippen LogP contribution in [0.2, 0.25) is 0 Å². The average Bonchev–Trinajstić information content (AvgIpc) is 2.66. The molecule has 0 atom stereocenters. The molecule has 1 saturated carbocycles. The van der Waals surface area contributed by atoms with E-state index in [1.165, 1.54) is 6.33 Å². The number of aromatic nitrogens is 4. The van der Waals surface area contributed by atoms with E-state index in [1.54, 1.807) is 17.9 Å². The molecule has 0 unspecified atom stereocenters. The van der Waals surface area contributed by atoms with Gasteiger partial charge in [-0.25, -0.2) is 14.8 Å². The molecule has 1 fully saturated rings. The summed E-state index contributed by atoms with van der Waals surface area (Å²) in [7, 11) is 1.79. The Bertz CT molecular complexity index is 617. The number of carboxylic acids is 1. The Morgan fingerprint density at radius 1 is 1.50 bits per heavy atom. The number of anilines is 1. The van der Waals surface area contributed by atoms with Gasteiger partial charge >= 0.3 is 5.97 Å². The summed E-state index contributed by atoms with van der Waals surface area (Å²) in [6, 6.07) is 0. The number of nitrogens with zero attached hydrogens (tertiary/aromatic N) is 4. The molecule has 94 valence electrons. The van der Waals surface area contributed by atoms with Gasteiger partial charge in [0, 0.05) is 7.05 Å². The van der Waals surface area contributed by atoms with Crippen LogP contribution in [0.1, 0.15) is 19.3 Å². The van der Waals surface area contributed by atoms with Crippen LogP contribution in [0.25, 0.3) is 11.0 Å². The summed E-state index contributed by atoms with van der Waals surface area (Å²) in [4.78, 5) is 19.6. The van der Waals surface area contributed by atoms with Crippen molar-refractivity contribution >= 4 is 22.8 Å². The maximum Gasteiger partial charge on any atom is 0.329 e. The zero-order chi connectivity index (χ0) is 12.8. The highest BCUT2D eigenvalue weighted by molar-refractivity contribution is 5.90. The van der Waals surface area contributed by atoms with Crippen LogP contribution >= 0.6 is 0 Å². The van der Waals surface area contributed by atoms with Gasteiger partial charge in [0.1, 0.15) is 17.7 Å². The van der Waals surface area contributed by atoms with Crippen molar-refractivity contribution in [1.82, 2.24) is 19.7 Å². The molecule has 0 aliphatic heterocycles. The van der Waals surface area contributed by atoms with Crippen molar-refractivity contribution in [1.29, 1.82) is 0 Å². The smallest absolute Gasteiger partial charge is 0.329 e. The molecule has 2 aromatic heterocycles. The summed E-state index contributed by atoms with van der Waals surface area (Å²) in [5, 5.41) is 17.2. The van der Waals surface area contributed by atoms with E-state index in [2.05, 4.69) is 20.4 Å². The van der Waals surface area contributed by atoms with Crippen molar-refractivity contribution < 1.29 is 9.90 Å². The third kappa shape index (κ3) is 1.43. The zero-order valence-electron chi connectivity index (χ0n) is 9.92. The van der Waals surface area contributed by atoms with Gasteiger partial charge in [-0.1, -0.05) is 0 Å². The first kappa shape index (κ1) is 10.9. The highest BCUT2D eigenvalue weighted by Gasteiger charge is 2.45. The lowest BCUT2D eigenvalue weighted by Gasteiger charge is -2.38. The number of carboxylic acid groups (broad SMARTS) is 1. The highest BCUT2D eigenvalue weighted by atomic mass is 16.4. The Kier molecular flexibility index (Phi) is 2.22. The molecule has 7 heteroatoms. The predicted molar refractivity (Wildman–Crippen MR) is 64.1 cm³/mol. The minimum Gasteiger partial charge on any atom is -0.480 e. The fourth-order valence-corrected chi connectivity index (χ4v) is 2.21. The number of aliphatic carboxylic acids is 1. The first-order chi connectivity index (χ1) is 8.62. The number of carbonyl (C=O) groups is 1. The molecule has 18 heavy (non-hydrogen) atoms. The van der Waals surface area contributed by atoms with Gasteiger partial charge in [-0.2, -0.15) is 5.10 Å². The van der Waals surface area contributed by atoms with Gasteiger partial charge in [-0.3, -0.25) is 4.68 Å². The molecule has 2 aromatic rings. The van der Waals surface area contributed by atoms with Crippen LogP contribution in [-0.4, -0.2) is 36.4 Å². The number of nitrogens with one attached hydrogen (secondary N) is 1. The molecule has 0 spiro atoms. The van der Waals surface area contributed by atoms with Gasteiger partial charge in [-0.15, -0.1) is 0 Å². The van der Waals surface area contributed by atoms with Crippen molar-refractivity contribution in [3.63, 3.8) is 0 Å². The molecule has 3 rings (SSSR count). The van der Waals surface area contributed by atoms with Crippen molar-refractivity contribution in [3.05, 3.63) is 12.5 Å². The van der Waals surface area contributed by atoms with Gasteiger partial charge in [-0.05, 0) is 19.3 Å². The second-order valence-corrected chi connectivity index (χ2v) is 4.59. The van der Waals surface area contributed by atoms with Crippen molar-refractivity contribution in [2.24, 2.45) is 7.05 Å². The standard InChI is InChI=1S/C11H13N5O2/c1-16-9-7(5-14-16)8(12-6-13-9)15-11(10(17)18)3-2-4-11/h5-6H,2-4H2,1H3,(H,17,18)(H,12,13,15). The van der Waals surface area contributed by atoms with Crippen LogP contribution < -0.4 is 5.32 Å². The molecule has 2 heterocycles. The van der Waals surface area contributed by atoms with Crippen LogP contribution in [0.5, 0.6) is 0 Å². The van der Waals surface area contributed by atoms with Gasteiger partial charge < -0.3 is 10.4 Å². The molecule has 0 radical (unpaired) electrons. The Labute approximate surface area is 103 Å². The molecule has 7 nitrogen and oxygen atoms in total. The number of fused-ring (bicyclic) bond motifs is 1. The first-order valence-electron chi connectivity index (χ1n) is 5.77. The molecule has 0 saturated heterocycles. The second kappa shape index (κ2) is 3.66. The summed E-state index contributed by atoms with van der Waals surface area (Å²) in [6.07, 6.45) is 5.22. The van der Waals surface area contributed by atoms with Gasteiger partial charge in [0.2, 0.25) is 0 Å². The van der Waals surface area contributed by atoms with Crippen molar-refractivity contribution in [3.8, 4) is 0 Å². The van der Waals surface area contributed by atoms with Gasteiger partial charge in [0.15, 0.2) is 5.65 Å². The fourth-order valence-electron chi connectivity index (χ4n) is 2.21. The third-order valence-corrected chi connectivity index (χ3v) is 3.50.